The molecule has 17 nitrogen and oxygen atoms in total. The molecule has 3 aromatic carbocycles. The van der Waals surface area contributed by atoms with Crippen molar-refractivity contribution < 1.29 is 63.6 Å². The molecule has 0 saturated carbocycles. The van der Waals surface area contributed by atoms with Gasteiger partial charge in [0.15, 0.2) is 12.4 Å². The van der Waals surface area contributed by atoms with Gasteiger partial charge in [-0.3, -0.25) is 15.0 Å². The first-order chi connectivity index (χ1) is 29.0. The molecule has 3 heterocycles. The summed E-state index contributed by atoms with van der Waals surface area (Å²) in [7, 11) is 0. The maximum atomic E-state index is 13.0. The molecule has 3 aromatic rings. The van der Waals surface area contributed by atoms with Crippen molar-refractivity contribution in [1.82, 2.24) is 21.1 Å². The SMILES string of the molecule is C[C@@H]1O[C@@H](Oc2ccc(C3CC(=O)NNCCN(C(=O)/C=C\c4ccccc4)CCCCN3)cc2)[C@H](O[C@@H]2O[C@H](COC(=O)c3ccccc3)[C@@H](O)[C@H](O)[C@H]2O)[C@H](O)[C@H]1O. The van der Waals surface area contributed by atoms with Gasteiger partial charge in [0.1, 0.15) is 49.0 Å². The van der Waals surface area contributed by atoms with Crippen molar-refractivity contribution in [3.8, 4) is 5.75 Å². The van der Waals surface area contributed by atoms with Crippen LogP contribution in [0.4, 0.5) is 0 Å². The van der Waals surface area contributed by atoms with Crippen LogP contribution in [0.25, 0.3) is 6.08 Å². The van der Waals surface area contributed by atoms with Gasteiger partial charge in [0.2, 0.25) is 18.1 Å². The van der Waals surface area contributed by atoms with Crippen LogP contribution < -0.4 is 20.9 Å². The normalized spacial score (nSPS) is 30.9. The molecule has 60 heavy (non-hydrogen) atoms. The summed E-state index contributed by atoms with van der Waals surface area (Å²) in [5.74, 6) is -0.796. The smallest absolute Gasteiger partial charge is 0.338 e. The zero-order chi connectivity index (χ0) is 42.6. The van der Waals surface area contributed by atoms with E-state index in [0.29, 0.717) is 26.2 Å². The van der Waals surface area contributed by atoms with E-state index in [-0.39, 0.29) is 35.6 Å². The summed E-state index contributed by atoms with van der Waals surface area (Å²) < 4.78 is 29.0. The van der Waals surface area contributed by atoms with E-state index in [4.69, 9.17) is 23.7 Å². The third kappa shape index (κ3) is 11.9. The van der Waals surface area contributed by atoms with Gasteiger partial charge < -0.3 is 59.4 Å². The fraction of sp³-hybridized carbons (Fsp3) is 0.465. The van der Waals surface area contributed by atoms with Crippen molar-refractivity contribution in [2.24, 2.45) is 0 Å². The minimum atomic E-state index is -1.82. The average Bonchev–Trinajstić information content (AvgIpc) is 3.28. The van der Waals surface area contributed by atoms with Gasteiger partial charge in [-0.2, -0.15) is 0 Å². The zero-order valence-electron chi connectivity index (χ0n) is 33.2. The number of nitrogens with zero attached hydrogens (tertiary/aromatic N) is 1. The lowest BCUT2D eigenvalue weighted by atomic mass is 9.97. The zero-order valence-corrected chi connectivity index (χ0v) is 33.2. The Hall–Kier alpha value is -4.79. The Kier molecular flexibility index (Phi) is 16.1. The molecule has 6 rings (SSSR count). The second kappa shape index (κ2) is 21.6. The fourth-order valence-electron chi connectivity index (χ4n) is 7.06. The van der Waals surface area contributed by atoms with E-state index >= 15 is 0 Å². The summed E-state index contributed by atoms with van der Waals surface area (Å²) in [5.41, 5.74) is 7.61. The molecule has 2 amide bonds. The molecule has 3 aliphatic heterocycles. The summed E-state index contributed by atoms with van der Waals surface area (Å²) >= 11 is 0. The molecule has 0 radical (unpaired) electrons. The first-order valence-electron chi connectivity index (χ1n) is 20.1. The third-order valence-electron chi connectivity index (χ3n) is 10.6. The van der Waals surface area contributed by atoms with E-state index in [2.05, 4.69) is 16.2 Å². The van der Waals surface area contributed by atoms with Crippen LogP contribution >= 0.6 is 0 Å². The highest BCUT2D eigenvalue weighted by molar-refractivity contribution is 5.91. The van der Waals surface area contributed by atoms with Crippen molar-refractivity contribution >= 4 is 23.9 Å². The minimum Gasteiger partial charge on any atom is -0.462 e. The van der Waals surface area contributed by atoms with Crippen LogP contribution in [-0.2, 0) is 28.5 Å². The molecule has 11 atom stereocenters. The molecule has 3 aliphatic rings. The van der Waals surface area contributed by atoms with Crippen LogP contribution in [0.5, 0.6) is 5.75 Å². The number of hydrazine groups is 1. The molecule has 17 heteroatoms. The second-order valence-corrected chi connectivity index (χ2v) is 14.9. The van der Waals surface area contributed by atoms with Crippen LogP contribution in [0.2, 0.25) is 0 Å². The molecular formula is C43H54N4O13. The number of esters is 1. The lowest BCUT2D eigenvalue weighted by molar-refractivity contribution is -0.355. The molecule has 3 fully saturated rings. The van der Waals surface area contributed by atoms with E-state index in [9.17, 15) is 39.9 Å². The van der Waals surface area contributed by atoms with Crippen LogP contribution in [-0.4, -0.2) is 142 Å². The Morgan fingerprint density at radius 3 is 2.25 bits per heavy atom. The molecule has 0 aliphatic carbocycles. The number of aliphatic hydroxyl groups is 5. The summed E-state index contributed by atoms with van der Waals surface area (Å²) in [4.78, 5) is 40.3. The van der Waals surface area contributed by atoms with Gasteiger partial charge in [0.25, 0.3) is 0 Å². The molecular weight excluding hydrogens is 780 g/mol. The molecule has 0 spiro atoms. The Morgan fingerprint density at radius 2 is 1.52 bits per heavy atom. The Bertz CT molecular complexity index is 1860. The Morgan fingerprint density at radius 1 is 0.800 bits per heavy atom. The third-order valence-corrected chi connectivity index (χ3v) is 10.6. The lowest BCUT2D eigenvalue weighted by Crippen LogP contribution is -2.64. The van der Waals surface area contributed by atoms with E-state index < -0.39 is 74.0 Å². The monoisotopic (exact) mass is 834 g/mol. The van der Waals surface area contributed by atoms with E-state index in [1.807, 2.05) is 30.3 Å². The van der Waals surface area contributed by atoms with Crippen molar-refractivity contribution in [3.05, 3.63) is 108 Å². The number of hydrogen-bond acceptors (Lipinski definition) is 15. The van der Waals surface area contributed by atoms with Gasteiger partial charge in [-0.15, -0.1) is 0 Å². The highest BCUT2D eigenvalue weighted by Gasteiger charge is 2.51. The number of carbonyl (C=O) groups is 3. The van der Waals surface area contributed by atoms with Gasteiger partial charge in [-0.25, -0.2) is 10.2 Å². The fourth-order valence-corrected chi connectivity index (χ4v) is 7.06. The quantitative estimate of drug-likeness (QED) is 0.103. The Balaban J connectivity index is 1.07. The second-order valence-electron chi connectivity index (χ2n) is 14.9. The highest BCUT2D eigenvalue weighted by Crippen LogP contribution is 2.31. The number of nitrogens with one attached hydrogen (secondary N) is 3. The van der Waals surface area contributed by atoms with Crippen molar-refractivity contribution in [1.29, 1.82) is 0 Å². The summed E-state index contributed by atoms with van der Waals surface area (Å²) in [6.45, 7) is 2.92. The van der Waals surface area contributed by atoms with Gasteiger partial charge in [0, 0.05) is 38.2 Å². The number of carbonyl (C=O) groups excluding carboxylic acids is 3. The predicted octanol–water partition coefficient (Wildman–Crippen LogP) is 0.559. The van der Waals surface area contributed by atoms with Crippen molar-refractivity contribution in [2.45, 2.75) is 93.6 Å². The van der Waals surface area contributed by atoms with Crippen LogP contribution in [0.1, 0.15) is 53.7 Å². The van der Waals surface area contributed by atoms with E-state index in [0.717, 1.165) is 24.0 Å². The molecule has 8 N–H and O–H groups in total. The molecule has 1 unspecified atom stereocenters. The number of amides is 2. The minimum absolute atomic E-state index is 0.107. The van der Waals surface area contributed by atoms with Crippen LogP contribution in [0, 0.1) is 0 Å². The van der Waals surface area contributed by atoms with Crippen LogP contribution in [0.3, 0.4) is 0 Å². The van der Waals surface area contributed by atoms with Crippen molar-refractivity contribution in [2.75, 3.05) is 32.8 Å². The Labute approximate surface area is 347 Å². The first-order valence-corrected chi connectivity index (χ1v) is 20.1. The number of ether oxygens (including phenoxy) is 5. The molecule has 3 saturated heterocycles. The number of aliphatic hydroxyl groups excluding tert-OH is 5. The lowest BCUT2D eigenvalue weighted by Gasteiger charge is -2.45. The summed E-state index contributed by atoms with van der Waals surface area (Å²) in [6.07, 6.45) is -10.1. The maximum absolute atomic E-state index is 13.0. The molecule has 324 valence electrons. The summed E-state index contributed by atoms with van der Waals surface area (Å²) in [6, 6.07) is 24.1. The molecule has 0 bridgehead atoms. The highest BCUT2D eigenvalue weighted by atomic mass is 16.8. The number of benzene rings is 3. The summed E-state index contributed by atoms with van der Waals surface area (Å²) in [5, 5.41) is 57.4. The van der Waals surface area contributed by atoms with Crippen molar-refractivity contribution in [3.63, 3.8) is 0 Å². The van der Waals surface area contributed by atoms with Gasteiger partial charge in [-0.1, -0.05) is 60.7 Å². The largest absolute Gasteiger partial charge is 0.462 e. The van der Waals surface area contributed by atoms with Gasteiger partial charge >= 0.3 is 5.97 Å². The molecule has 0 aromatic heterocycles. The predicted molar refractivity (Wildman–Crippen MR) is 214 cm³/mol. The first kappa shape index (κ1) is 44.8. The van der Waals surface area contributed by atoms with E-state index in [1.54, 1.807) is 59.5 Å². The number of hydrogen-bond donors (Lipinski definition) is 8. The number of rotatable bonds is 10. The standard InChI is InChI=1S/C43H54N4O13/c1-26-35(50)38(53)40(60-42-39(54)37(52)36(51)32(59-42)25-56-41(55)29-12-6-3-7-13-29)43(57-26)58-30-17-15-28(16-18-30)31-24-33(48)46-45-21-23-47(22-9-8-20-44-31)34(49)19-14-27-10-4-2-5-11-27/h2-7,10-19,26,31-32,35-40,42-45,50-54H,8-9,20-25H2,1H3,(H,46,48)/b19-14-/t26-,31?,32+,35-,36+,37-,38+,39+,40+,42-,43-/m0/s1. The van der Waals surface area contributed by atoms with Crippen LogP contribution in [0.15, 0.2) is 91.0 Å². The topological polar surface area (TPSA) is 238 Å². The van der Waals surface area contributed by atoms with Gasteiger partial charge in [-0.05, 0) is 67.8 Å². The maximum Gasteiger partial charge on any atom is 0.338 e. The average molecular weight is 835 g/mol. The van der Waals surface area contributed by atoms with Gasteiger partial charge in [0.05, 0.1) is 11.7 Å². The van der Waals surface area contributed by atoms with E-state index in [1.165, 1.54) is 19.1 Å².